The molecule has 0 aliphatic carbocycles. The van der Waals surface area contributed by atoms with Crippen LogP contribution in [0.3, 0.4) is 0 Å². The Labute approximate surface area is 202 Å². The molecule has 0 aliphatic rings. The van der Waals surface area contributed by atoms with Gasteiger partial charge in [-0.25, -0.2) is 4.98 Å². The van der Waals surface area contributed by atoms with Gasteiger partial charge in [0.05, 0.1) is 16.4 Å². The molecule has 0 amide bonds. The number of benzene rings is 2. The molecule has 0 saturated heterocycles. The molecule has 5 nitrogen and oxygen atoms in total. The van der Waals surface area contributed by atoms with Gasteiger partial charge in [-0.3, -0.25) is 0 Å². The van der Waals surface area contributed by atoms with Crippen LogP contribution in [0.25, 0.3) is 32.7 Å². The predicted molar refractivity (Wildman–Crippen MR) is 144 cm³/mol. The van der Waals surface area contributed by atoms with Crippen LogP contribution in [0.4, 0.5) is 5.82 Å². The second-order valence-corrected chi connectivity index (χ2v) is 8.93. The molecule has 0 spiro atoms. The fourth-order valence-corrected chi connectivity index (χ4v) is 4.98. The van der Waals surface area contributed by atoms with Gasteiger partial charge < -0.3 is 19.7 Å². The number of aromatic nitrogens is 2. The number of pyridine rings is 1. The number of rotatable bonds is 11. The Morgan fingerprint density at radius 3 is 2.30 bits per heavy atom. The lowest BCUT2D eigenvalue weighted by molar-refractivity contribution is 0.293. The maximum atomic E-state index is 6.38. The summed E-state index contributed by atoms with van der Waals surface area (Å²) in [6.07, 6.45) is 0. The molecule has 1 N–H and O–H groups in total. The zero-order chi connectivity index (χ0) is 23.4. The summed E-state index contributed by atoms with van der Waals surface area (Å²) in [5.41, 5.74) is 3.44. The summed E-state index contributed by atoms with van der Waals surface area (Å²) >= 11 is 6.38. The number of halogens is 1. The average molecular weight is 466 g/mol. The van der Waals surface area contributed by atoms with E-state index in [9.17, 15) is 0 Å². The van der Waals surface area contributed by atoms with Crippen molar-refractivity contribution in [1.29, 1.82) is 0 Å². The Bertz CT molecular complexity index is 1220. The largest absolute Gasteiger partial charge is 0.368 e. The third-order valence-electron chi connectivity index (χ3n) is 6.80. The lowest BCUT2D eigenvalue weighted by atomic mass is 10.1. The normalized spacial score (nSPS) is 12.1. The molecule has 176 valence electrons. The minimum atomic E-state index is 0.717. The van der Waals surface area contributed by atoms with Gasteiger partial charge in [0.15, 0.2) is 0 Å². The van der Waals surface area contributed by atoms with Gasteiger partial charge in [-0.05, 0) is 50.4 Å². The van der Waals surface area contributed by atoms with Crippen molar-refractivity contribution in [2.24, 2.45) is 0 Å². The quantitative estimate of drug-likeness (QED) is 0.290. The van der Waals surface area contributed by atoms with Crippen molar-refractivity contribution in [2.45, 2.75) is 34.2 Å². The summed E-state index contributed by atoms with van der Waals surface area (Å²) in [5.74, 6) is 0.949. The van der Waals surface area contributed by atoms with Gasteiger partial charge in [-0.2, -0.15) is 0 Å². The summed E-state index contributed by atoms with van der Waals surface area (Å²) < 4.78 is 2.48. The summed E-state index contributed by atoms with van der Waals surface area (Å²) in [6, 6.07) is 14.8. The maximum Gasteiger partial charge on any atom is 0.136 e. The number of para-hydroxylation sites is 1. The number of fused-ring (bicyclic) bond motifs is 5. The fraction of sp³-hybridized carbons (Fsp3) is 0.444. The molecule has 6 heteroatoms. The van der Waals surface area contributed by atoms with Crippen LogP contribution in [0.5, 0.6) is 0 Å². The topological polar surface area (TPSA) is 36.3 Å². The molecule has 4 aromatic rings. The van der Waals surface area contributed by atoms with Crippen LogP contribution in [0, 0.1) is 0 Å². The van der Waals surface area contributed by atoms with Crippen molar-refractivity contribution in [3.8, 4) is 0 Å². The summed E-state index contributed by atoms with van der Waals surface area (Å²) in [6.45, 7) is 16.9. The van der Waals surface area contributed by atoms with Crippen LogP contribution >= 0.6 is 11.6 Å². The molecule has 0 aliphatic heterocycles. The Kier molecular flexibility index (Phi) is 7.74. The van der Waals surface area contributed by atoms with Crippen molar-refractivity contribution >= 4 is 50.1 Å². The minimum Gasteiger partial charge on any atom is -0.368 e. The lowest BCUT2D eigenvalue weighted by Crippen LogP contribution is -2.28. The number of nitrogens with zero attached hydrogens (tertiary/aromatic N) is 4. The van der Waals surface area contributed by atoms with Crippen LogP contribution in [0.15, 0.2) is 42.5 Å². The van der Waals surface area contributed by atoms with Gasteiger partial charge in [0.2, 0.25) is 0 Å². The first-order valence-electron chi connectivity index (χ1n) is 12.3. The molecule has 2 aromatic heterocycles. The molecule has 0 fully saturated rings. The van der Waals surface area contributed by atoms with Gasteiger partial charge in [0.25, 0.3) is 0 Å². The van der Waals surface area contributed by atoms with Crippen LogP contribution in [-0.4, -0.2) is 65.2 Å². The minimum absolute atomic E-state index is 0.717. The summed E-state index contributed by atoms with van der Waals surface area (Å²) in [7, 11) is 0. The lowest BCUT2D eigenvalue weighted by Gasteiger charge is -2.20. The Morgan fingerprint density at radius 2 is 1.58 bits per heavy atom. The van der Waals surface area contributed by atoms with Crippen molar-refractivity contribution in [3.63, 3.8) is 0 Å². The molecule has 33 heavy (non-hydrogen) atoms. The fourth-order valence-electron chi connectivity index (χ4n) is 4.81. The van der Waals surface area contributed by atoms with E-state index in [1.807, 2.05) is 12.1 Å². The number of hydrogen-bond donors (Lipinski definition) is 1. The number of likely N-dealkylation sites (N-methyl/N-ethyl adjacent to an activating group) is 2. The first-order valence-corrected chi connectivity index (χ1v) is 12.7. The van der Waals surface area contributed by atoms with E-state index in [0.717, 1.165) is 69.1 Å². The molecule has 2 heterocycles. The van der Waals surface area contributed by atoms with E-state index >= 15 is 0 Å². The first-order chi connectivity index (χ1) is 16.1. The van der Waals surface area contributed by atoms with Crippen LogP contribution in [-0.2, 0) is 6.54 Å². The van der Waals surface area contributed by atoms with Crippen LogP contribution in [0.2, 0.25) is 5.02 Å². The molecule has 4 rings (SSSR count). The number of hydrogen-bond acceptors (Lipinski definition) is 4. The second kappa shape index (κ2) is 10.7. The molecule has 0 radical (unpaired) electrons. The van der Waals surface area contributed by atoms with Crippen molar-refractivity contribution in [1.82, 2.24) is 19.4 Å². The molecule has 0 saturated carbocycles. The smallest absolute Gasteiger partial charge is 0.136 e. The molecule has 0 atom stereocenters. The van der Waals surface area contributed by atoms with E-state index in [0.29, 0.717) is 5.02 Å². The van der Waals surface area contributed by atoms with E-state index in [2.05, 4.69) is 77.7 Å². The van der Waals surface area contributed by atoms with Crippen LogP contribution in [0.1, 0.15) is 27.7 Å². The molecule has 0 bridgehead atoms. The van der Waals surface area contributed by atoms with Gasteiger partial charge in [0, 0.05) is 47.5 Å². The summed E-state index contributed by atoms with van der Waals surface area (Å²) in [4.78, 5) is 9.97. The third kappa shape index (κ3) is 4.81. The zero-order valence-electron chi connectivity index (χ0n) is 20.4. The Balaban J connectivity index is 1.89. The van der Waals surface area contributed by atoms with E-state index in [1.54, 1.807) is 0 Å². The third-order valence-corrected chi connectivity index (χ3v) is 7.04. The second-order valence-electron chi connectivity index (χ2n) is 8.49. The monoisotopic (exact) mass is 465 g/mol. The number of anilines is 1. The zero-order valence-corrected chi connectivity index (χ0v) is 21.1. The Hall–Kier alpha value is -2.34. The van der Waals surface area contributed by atoms with E-state index in [-0.39, 0.29) is 0 Å². The highest BCUT2D eigenvalue weighted by Crippen LogP contribution is 2.38. The average Bonchev–Trinajstić information content (AvgIpc) is 3.17. The van der Waals surface area contributed by atoms with E-state index in [1.165, 1.54) is 21.8 Å². The Morgan fingerprint density at radius 1 is 0.879 bits per heavy atom. The predicted octanol–water partition coefficient (Wildman–Crippen LogP) is 6.09. The van der Waals surface area contributed by atoms with Crippen LogP contribution < -0.4 is 5.32 Å². The molecular formula is C27H36ClN5. The highest BCUT2D eigenvalue weighted by Gasteiger charge is 2.19. The standard InChI is InChI=1S/C27H36ClN5/c1-5-31(6-2)16-15-29-27-25-22-11-9-10-12-24(22)33(18-17-32(7-3)8-4)26(25)21-14-13-20(28)19-23(21)30-27/h9-14,19H,5-8,15-18H2,1-4H3,(H,29,30). The SMILES string of the molecule is CCN(CC)CCNc1nc2cc(Cl)ccc2c2c1c1ccccc1n2CCN(CC)CC. The van der Waals surface area contributed by atoms with Crippen molar-refractivity contribution < 1.29 is 0 Å². The van der Waals surface area contributed by atoms with Gasteiger partial charge in [-0.1, -0.05) is 57.5 Å². The van der Waals surface area contributed by atoms with E-state index < -0.39 is 0 Å². The highest BCUT2D eigenvalue weighted by atomic mass is 35.5. The maximum absolute atomic E-state index is 6.38. The van der Waals surface area contributed by atoms with Crippen molar-refractivity contribution in [2.75, 3.05) is 51.1 Å². The molecule has 2 aromatic carbocycles. The highest BCUT2D eigenvalue weighted by molar-refractivity contribution is 6.31. The van der Waals surface area contributed by atoms with Gasteiger partial charge in [0.1, 0.15) is 5.82 Å². The molecular weight excluding hydrogens is 430 g/mol. The molecule has 0 unspecified atom stereocenters. The summed E-state index contributed by atoms with van der Waals surface area (Å²) in [5, 5.41) is 8.00. The first kappa shape index (κ1) is 23.8. The van der Waals surface area contributed by atoms with Gasteiger partial charge in [-0.15, -0.1) is 0 Å². The van der Waals surface area contributed by atoms with Gasteiger partial charge >= 0.3 is 0 Å². The van der Waals surface area contributed by atoms with E-state index in [4.69, 9.17) is 16.6 Å². The van der Waals surface area contributed by atoms with Crippen molar-refractivity contribution in [3.05, 3.63) is 47.5 Å². The number of nitrogens with one attached hydrogen (secondary N) is 1.